The molecule has 0 unspecified atom stereocenters. The van der Waals surface area contributed by atoms with Crippen molar-refractivity contribution in [1.29, 1.82) is 0 Å². The van der Waals surface area contributed by atoms with Gasteiger partial charge in [0.25, 0.3) is 0 Å². The number of fused-ring (bicyclic) bond motifs is 3. The van der Waals surface area contributed by atoms with Crippen LogP contribution >= 0.6 is 15.9 Å². The lowest BCUT2D eigenvalue weighted by atomic mass is 10.1. The topological polar surface area (TPSA) is 39.9 Å². The molecule has 0 N–H and O–H groups in total. The maximum Gasteiger partial charge on any atom is 0.167 e. The van der Waals surface area contributed by atoms with Crippen LogP contribution in [0.15, 0.2) is 53.4 Å². The van der Waals surface area contributed by atoms with Crippen LogP contribution < -0.4 is 4.74 Å². The molecule has 0 radical (unpaired) electrons. The van der Waals surface area contributed by atoms with Crippen molar-refractivity contribution in [2.24, 2.45) is 0 Å². The molecular weight excluding hydrogens is 318 g/mol. The van der Waals surface area contributed by atoms with Crippen molar-refractivity contribution in [2.45, 2.75) is 6.73 Å². The Balaban J connectivity index is 1.97. The van der Waals surface area contributed by atoms with E-state index in [1.807, 2.05) is 24.3 Å². The van der Waals surface area contributed by atoms with E-state index in [4.69, 9.17) is 4.74 Å². The highest BCUT2D eigenvalue weighted by molar-refractivity contribution is 9.10. The quantitative estimate of drug-likeness (QED) is 0.683. The van der Waals surface area contributed by atoms with Crippen LogP contribution in [0, 0.1) is 0 Å². The van der Waals surface area contributed by atoms with Crippen LogP contribution in [0.5, 0.6) is 5.75 Å². The third-order valence-electron chi connectivity index (χ3n) is 3.34. The Kier molecular flexibility index (Phi) is 2.60. The fourth-order valence-corrected chi connectivity index (χ4v) is 3.05. The summed E-state index contributed by atoms with van der Waals surface area (Å²) in [6, 6.07) is 12.0. The summed E-state index contributed by atoms with van der Waals surface area (Å²) in [4.78, 5) is 8.79. The standard InChI is InChI=1S/C15H10BrN3O/c16-14-13(10-4-2-1-3-5-10)19-9-20-12-6-7-17-8-11(12)15(19)18-14/h1-8H,9H2. The van der Waals surface area contributed by atoms with Gasteiger partial charge in [-0.05, 0) is 22.0 Å². The van der Waals surface area contributed by atoms with E-state index in [-0.39, 0.29) is 0 Å². The summed E-state index contributed by atoms with van der Waals surface area (Å²) in [5, 5.41) is 0. The highest BCUT2D eigenvalue weighted by atomic mass is 79.9. The average Bonchev–Trinajstić information content (AvgIpc) is 2.84. The van der Waals surface area contributed by atoms with Gasteiger partial charge in [0, 0.05) is 18.0 Å². The summed E-state index contributed by atoms with van der Waals surface area (Å²) in [5.74, 6) is 1.70. The highest BCUT2D eigenvalue weighted by Crippen LogP contribution is 2.39. The zero-order valence-electron chi connectivity index (χ0n) is 10.5. The largest absolute Gasteiger partial charge is 0.472 e. The number of nitrogens with zero attached hydrogens (tertiary/aromatic N) is 3. The first-order valence-corrected chi connectivity index (χ1v) is 7.02. The van der Waals surface area contributed by atoms with Crippen molar-refractivity contribution in [3.05, 3.63) is 53.4 Å². The lowest BCUT2D eigenvalue weighted by Gasteiger charge is -2.20. The van der Waals surface area contributed by atoms with Gasteiger partial charge in [-0.2, -0.15) is 0 Å². The zero-order valence-corrected chi connectivity index (χ0v) is 12.0. The number of hydrogen-bond donors (Lipinski definition) is 0. The minimum Gasteiger partial charge on any atom is -0.472 e. The monoisotopic (exact) mass is 327 g/mol. The van der Waals surface area contributed by atoms with Gasteiger partial charge >= 0.3 is 0 Å². The van der Waals surface area contributed by atoms with Gasteiger partial charge in [0.1, 0.15) is 16.2 Å². The van der Waals surface area contributed by atoms with Crippen LogP contribution in [0.25, 0.3) is 22.6 Å². The second-order valence-electron chi connectivity index (χ2n) is 4.51. The Morgan fingerprint density at radius 1 is 1.15 bits per heavy atom. The van der Waals surface area contributed by atoms with Gasteiger partial charge in [-0.25, -0.2) is 4.98 Å². The molecule has 3 aromatic rings. The van der Waals surface area contributed by atoms with Crippen molar-refractivity contribution in [1.82, 2.24) is 14.5 Å². The fraction of sp³-hybridized carbons (Fsp3) is 0.0667. The molecule has 98 valence electrons. The van der Waals surface area contributed by atoms with E-state index in [1.54, 1.807) is 12.4 Å². The second-order valence-corrected chi connectivity index (χ2v) is 5.27. The molecule has 0 bridgehead atoms. The lowest BCUT2D eigenvalue weighted by molar-refractivity contribution is 0.231. The summed E-state index contributed by atoms with van der Waals surface area (Å²) < 4.78 is 8.67. The number of rotatable bonds is 1. The van der Waals surface area contributed by atoms with Crippen LogP contribution in [0.1, 0.15) is 0 Å². The molecule has 1 aliphatic rings. The fourth-order valence-electron chi connectivity index (χ4n) is 2.44. The minimum atomic E-state index is 0.454. The Morgan fingerprint density at radius 3 is 2.85 bits per heavy atom. The summed E-state index contributed by atoms with van der Waals surface area (Å²) in [5.41, 5.74) is 3.05. The predicted octanol–water partition coefficient (Wildman–Crippen LogP) is 3.72. The number of ether oxygens (including phenoxy) is 1. The zero-order chi connectivity index (χ0) is 13.5. The van der Waals surface area contributed by atoms with Crippen LogP contribution in [0.2, 0.25) is 0 Å². The van der Waals surface area contributed by atoms with Crippen LogP contribution in [-0.2, 0) is 6.73 Å². The summed E-state index contributed by atoms with van der Waals surface area (Å²) in [7, 11) is 0. The Bertz CT molecular complexity index is 783. The van der Waals surface area contributed by atoms with E-state index in [2.05, 4.69) is 42.6 Å². The highest BCUT2D eigenvalue weighted by Gasteiger charge is 2.24. The first-order chi connectivity index (χ1) is 9.84. The maximum absolute atomic E-state index is 5.79. The van der Waals surface area contributed by atoms with Gasteiger partial charge in [0.2, 0.25) is 0 Å². The molecular formula is C15H10BrN3O. The van der Waals surface area contributed by atoms with E-state index < -0.39 is 0 Å². The molecule has 0 saturated heterocycles. The van der Waals surface area contributed by atoms with E-state index in [0.717, 1.165) is 33.0 Å². The molecule has 3 heterocycles. The Hall–Kier alpha value is -2.14. The third-order valence-corrected chi connectivity index (χ3v) is 3.90. The molecule has 0 atom stereocenters. The van der Waals surface area contributed by atoms with Gasteiger partial charge in [0.05, 0.1) is 11.3 Å². The maximum atomic E-state index is 5.79. The van der Waals surface area contributed by atoms with E-state index >= 15 is 0 Å². The van der Waals surface area contributed by atoms with Crippen LogP contribution in [0.3, 0.4) is 0 Å². The Morgan fingerprint density at radius 2 is 2.00 bits per heavy atom. The Labute approximate surface area is 124 Å². The normalized spacial score (nSPS) is 12.4. The van der Waals surface area contributed by atoms with Gasteiger partial charge in [-0.3, -0.25) is 9.55 Å². The van der Waals surface area contributed by atoms with Crippen LogP contribution in [0.4, 0.5) is 0 Å². The third kappa shape index (κ3) is 1.67. The average molecular weight is 328 g/mol. The van der Waals surface area contributed by atoms with Gasteiger partial charge in [0.15, 0.2) is 6.73 Å². The van der Waals surface area contributed by atoms with Crippen molar-refractivity contribution in [3.63, 3.8) is 0 Å². The molecule has 4 rings (SSSR count). The molecule has 2 aromatic heterocycles. The molecule has 1 aliphatic heterocycles. The summed E-state index contributed by atoms with van der Waals surface area (Å²) in [6.45, 7) is 0.454. The molecule has 0 saturated carbocycles. The van der Waals surface area contributed by atoms with Crippen molar-refractivity contribution < 1.29 is 4.74 Å². The van der Waals surface area contributed by atoms with E-state index in [0.29, 0.717) is 6.73 Å². The number of pyridine rings is 1. The number of hydrogen-bond acceptors (Lipinski definition) is 3. The van der Waals surface area contributed by atoms with Crippen LogP contribution in [-0.4, -0.2) is 14.5 Å². The number of imidazole rings is 1. The number of benzene rings is 1. The van der Waals surface area contributed by atoms with Crippen molar-refractivity contribution >= 4 is 15.9 Å². The minimum absolute atomic E-state index is 0.454. The summed E-state index contributed by atoms with van der Waals surface area (Å²) >= 11 is 3.56. The van der Waals surface area contributed by atoms with E-state index in [1.165, 1.54) is 0 Å². The molecule has 0 spiro atoms. The smallest absolute Gasteiger partial charge is 0.167 e. The van der Waals surface area contributed by atoms with Gasteiger partial charge < -0.3 is 4.74 Å². The molecule has 0 aliphatic carbocycles. The predicted molar refractivity (Wildman–Crippen MR) is 79.2 cm³/mol. The van der Waals surface area contributed by atoms with Crippen molar-refractivity contribution in [2.75, 3.05) is 0 Å². The lowest BCUT2D eigenvalue weighted by Crippen LogP contribution is -2.14. The van der Waals surface area contributed by atoms with Gasteiger partial charge in [-0.1, -0.05) is 30.3 Å². The molecule has 20 heavy (non-hydrogen) atoms. The SMILES string of the molecule is Brc1nc2n(c1-c1ccccc1)COc1ccncc1-2. The second kappa shape index (κ2) is 4.45. The first kappa shape index (κ1) is 11.7. The number of aromatic nitrogens is 3. The first-order valence-electron chi connectivity index (χ1n) is 6.23. The summed E-state index contributed by atoms with van der Waals surface area (Å²) in [6.07, 6.45) is 3.51. The van der Waals surface area contributed by atoms with Gasteiger partial charge in [-0.15, -0.1) is 0 Å². The molecule has 5 heteroatoms. The molecule has 1 aromatic carbocycles. The molecule has 0 fully saturated rings. The van der Waals surface area contributed by atoms with E-state index in [9.17, 15) is 0 Å². The molecule has 4 nitrogen and oxygen atoms in total. The number of halogens is 1. The van der Waals surface area contributed by atoms with Crippen molar-refractivity contribution in [3.8, 4) is 28.4 Å². The molecule has 0 amide bonds.